The number of nitrogens with zero attached hydrogens (tertiary/aromatic N) is 6. The van der Waals surface area contributed by atoms with Gasteiger partial charge in [-0.2, -0.15) is 14.7 Å². The maximum Gasteiger partial charge on any atom is 0.213 e. The van der Waals surface area contributed by atoms with Crippen molar-refractivity contribution >= 4 is 21.1 Å². The molecule has 4 heterocycles. The molecule has 0 radical (unpaired) electrons. The second-order valence-electron chi connectivity index (χ2n) is 5.56. The smallest absolute Gasteiger partial charge is 0.213 e. The molecule has 3 aromatic rings. The van der Waals surface area contributed by atoms with E-state index < -0.39 is 40.7 Å². The first-order chi connectivity index (χ1) is 14.7. The van der Waals surface area contributed by atoms with Crippen LogP contribution in [0.1, 0.15) is 21.5 Å². The van der Waals surface area contributed by atoms with Crippen LogP contribution in [0.25, 0.3) is 22.3 Å². The molecule has 0 saturated carbocycles. The highest BCUT2D eigenvalue weighted by Gasteiger charge is 2.49. The Morgan fingerprint density at radius 2 is 2.38 bits per heavy atom. The minimum Gasteiger partial charge on any atom is -0.346 e. The zero-order valence-corrected chi connectivity index (χ0v) is 14.3. The Morgan fingerprint density at radius 3 is 3.12 bits per heavy atom. The lowest BCUT2D eigenvalue weighted by Gasteiger charge is -2.47. The van der Waals surface area contributed by atoms with Crippen LogP contribution in [0, 0.1) is 11.3 Å². The molecule has 0 aromatic carbocycles. The van der Waals surface area contributed by atoms with Crippen LogP contribution in [-0.4, -0.2) is 56.2 Å². The first kappa shape index (κ1) is 11.1. The Kier molecular flexibility index (Phi) is 2.51. The Balaban J connectivity index is 1.86. The minimum absolute atomic E-state index is 0.228. The van der Waals surface area contributed by atoms with E-state index in [9.17, 15) is 13.7 Å². The largest absolute Gasteiger partial charge is 0.346 e. The highest BCUT2D eigenvalue weighted by Crippen LogP contribution is 2.35. The number of hydrogen-bond donors (Lipinski definition) is 1. The van der Waals surface area contributed by atoms with Crippen molar-refractivity contribution in [2.45, 2.75) is 18.8 Å². The molecule has 1 unspecified atom stereocenters. The molecule has 134 valence electrons. The number of nitriles is 1. The van der Waals surface area contributed by atoms with E-state index in [1.54, 1.807) is 12.3 Å². The molecular weight excluding hydrogens is 354 g/mol. The molecule has 1 saturated heterocycles. The van der Waals surface area contributed by atoms with Gasteiger partial charge in [0.25, 0.3) is 0 Å². The molecule has 1 fully saturated rings. The fourth-order valence-electron chi connectivity index (χ4n) is 2.75. The van der Waals surface area contributed by atoms with E-state index in [1.807, 2.05) is 0 Å². The number of fused-ring (bicyclic) bond motifs is 1. The summed E-state index contributed by atoms with van der Waals surface area (Å²) in [5.41, 5.74) is -3.87. The van der Waals surface area contributed by atoms with Crippen LogP contribution in [-0.2, 0) is 15.6 Å². The standard InChI is InChI=1S/C16H17N7O2S/c1-2-26(24,25)22-9-16(10-22,4-5-17)23-8-12(7-21-23)14-13-3-6-18-15(13)20-11-19-14/h3,6-8,11H,2,4,9-10H2,1H3,(H,18,19,20)/i2D2,4D2,9D2. The lowest BCUT2D eigenvalue weighted by atomic mass is 9.89. The van der Waals surface area contributed by atoms with E-state index in [0.717, 1.165) is 11.6 Å². The predicted octanol–water partition coefficient (Wildman–Crippen LogP) is 1.10. The van der Waals surface area contributed by atoms with Gasteiger partial charge in [-0.25, -0.2) is 18.4 Å². The Bertz CT molecular complexity index is 1360. The quantitative estimate of drug-likeness (QED) is 0.711. The second kappa shape index (κ2) is 5.89. The van der Waals surface area contributed by atoms with Gasteiger partial charge in [0, 0.05) is 44.6 Å². The van der Waals surface area contributed by atoms with E-state index in [2.05, 4.69) is 20.1 Å². The van der Waals surface area contributed by atoms with Crippen LogP contribution in [0.3, 0.4) is 0 Å². The zero-order valence-electron chi connectivity index (χ0n) is 19.5. The van der Waals surface area contributed by atoms with E-state index in [-0.39, 0.29) is 4.31 Å². The first-order valence-electron chi connectivity index (χ1n) is 10.5. The second-order valence-corrected chi connectivity index (χ2v) is 7.36. The van der Waals surface area contributed by atoms with Crippen molar-refractivity contribution < 1.29 is 16.6 Å². The van der Waals surface area contributed by atoms with Gasteiger partial charge in [0.1, 0.15) is 17.5 Å². The Labute approximate surface area is 158 Å². The van der Waals surface area contributed by atoms with Gasteiger partial charge in [0.15, 0.2) is 0 Å². The first-order valence-corrected chi connectivity index (χ1v) is 8.92. The van der Waals surface area contributed by atoms with E-state index in [4.69, 9.17) is 8.22 Å². The summed E-state index contributed by atoms with van der Waals surface area (Å²) in [6.07, 6.45) is 2.63. The number of nitrogens with one attached hydrogen (secondary N) is 1. The van der Waals surface area contributed by atoms with Gasteiger partial charge in [-0.05, 0) is 13.0 Å². The average Bonchev–Trinajstić information content (AvgIpc) is 3.35. The molecular formula is C16H17N7O2S. The van der Waals surface area contributed by atoms with Crippen LogP contribution >= 0.6 is 0 Å². The number of aromatic amines is 1. The molecule has 0 aliphatic carbocycles. The molecule has 26 heavy (non-hydrogen) atoms. The van der Waals surface area contributed by atoms with Gasteiger partial charge in [0.2, 0.25) is 10.0 Å². The van der Waals surface area contributed by atoms with Crippen molar-refractivity contribution in [2.24, 2.45) is 0 Å². The molecule has 1 N–H and O–H groups in total. The third-order valence-electron chi connectivity index (χ3n) is 4.09. The molecule has 1 aliphatic heterocycles. The average molecular weight is 377 g/mol. The highest BCUT2D eigenvalue weighted by molar-refractivity contribution is 7.89. The minimum atomic E-state index is -4.81. The topological polar surface area (TPSA) is 121 Å². The van der Waals surface area contributed by atoms with Crippen molar-refractivity contribution in [3.8, 4) is 17.3 Å². The van der Waals surface area contributed by atoms with Crippen molar-refractivity contribution in [1.29, 1.82) is 5.26 Å². The molecule has 0 spiro atoms. The van der Waals surface area contributed by atoms with Gasteiger partial charge in [0.05, 0.1) is 30.0 Å². The number of rotatable bonds is 5. The van der Waals surface area contributed by atoms with Crippen LogP contribution < -0.4 is 0 Å². The molecule has 3 aromatic heterocycles. The third kappa shape index (κ3) is 2.48. The maximum atomic E-state index is 12.6. The lowest BCUT2D eigenvalue weighted by Crippen LogP contribution is -2.64. The van der Waals surface area contributed by atoms with Crippen LogP contribution in [0.2, 0.25) is 0 Å². The van der Waals surface area contributed by atoms with Gasteiger partial charge in [-0.3, -0.25) is 4.68 Å². The summed E-state index contributed by atoms with van der Waals surface area (Å²) in [7, 11) is -4.81. The molecule has 1 aliphatic rings. The van der Waals surface area contributed by atoms with Gasteiger partial charge < -0.3 is 4.98 Å². The molecule has 0 bridgehead atoms. The van der Waals surface area contributed by atoms with Crippen LogP contribution in [0.5, 0.6) is 0 Å². The number of sulfonamides is 1. The number of aromatic nitrogens is 5. The summed E-state index contributed by atoms with van der Waals surface area (Å²) < 4.78 is 74.7. The molecule has 0 amide bonds. The van der Waals surface area contributed by atoms with Crippen LogP contribution in [0.15, 0.2) is 31.0 Å². The van der Waals surface area contributed by atoms with E-state index >= 15 is 0 Å². The summed E-state index contributed by atoms with van der Waals surface area (Å²) in [6.45, 7) is -3.08. The molecule has 10 heteroatoms. The maximum absolute atomic E-state index is 12.6. The molecule has 1 atom stereocenters. The highest BCUT2D eigenvalue weighted by atomic mass is 32.2. The zero-order chi connectivity index (χ0) is 23.7. The van der Waals surface area contributed by atoms with E-state index in [1.165, 1.54) is 24.8 Å². The number of H-pyrrole nitrogens is 1. The summed E-state index contributed by atoms with van der Waals surface area (Å²) >= 11 is 0. The number of hydrogen-bond acceptors (Lipinski definition) is 6. The summed E-state index contributed by atoms with van der Waals surface area (Å²) in [5, 5.41) is 14.2. The Morgan fingerprint density at radius 1 is 1.54 bits per heavy atom. The van der Waals surface area contributed by atoms with Gasteiger partial charge in [-0.15, -0.1) is 0 Å². The van der Waals surface area contributed by atoms with Crippen molar-refractivity contribution in [2.75, 3.05) is 18.7 Å². The lowest BCUT2D eigenvalue weighted by molar-refractivity contribution is 0.0719. The van der Waals surface area contributed by atoms with Gasteiger partial charge >= 0.3 is 0 Å². The van der Waals surface area contributed by atoms with Crippen molar-refractivity contribution in [3.63, 3.8) is 0 Å². The molecule has 9 nitrogen and oxygen atoms in total. The third-order valence-corrected chi connectivity index (χ3v) is 5.41. The predicted molar refractivity (Wildman–Crippen MR) is 94.3 cm³/mol. The normalized spacial score (nSPS) is 27.2. The fourth-order valence-corrected chi connectivity index (χ4v) is 3.60. The Hall–Kier alpha value is -2.77. The monoisotopic (exact) mass is 377 g/mol. The summed E-state index contributed by atoms with van der Waals surface area (Å²) in [5.74, 6) is 0. The molecule has 4 rings (SSSR count). The van der Waals surface area contributed by atoms with Crippen LogP contribution in [0.4, 0.5) is 0 Å². The fraction of sp³-hybridized carbons (Fsp3) is 0.375. The van der Waals surface area contributed by atoms with E-state index in [0.29, 0.717) is 22.3 Å². The van der Waals surface area contributed by atoms with Crippen molar-refractivity contribution in [3.05, 3.63) is 31.0 Å². The summed E-state index contributed by atoms with van der Waals surface area (Å²) in [6, 6.07) is 3.12. The van der Waals surface area contributed by atoms with Crippen molar-refractivity contribution in [1.82, 2.24) is 29.0 Å². The summed E-state index contributed by atoms with van der Waals surface area (Å²) in [4.78, 5) is 11.2. The van der Waals surface area contributed by atoms with Gasteiger partial charge in [-0.1, -0.05) is 0 Å². The SMILES string of the molecule is [2H]C([2H])(C#N)C1(n2cc(-c3ncnc4[nH]ccc34)cn2)CN(S(=O)(=O)C([2H])([2H])C)C1([2H])[2H].